The fraction of sp³-hybridized carbons (Fsp3) is 0.421. The van der Waals surface area contributed by atoms with Crippen LogP contribution in [0.1, 0.15) is 36.0 Å². The van der Waals surface area contributed by atoms with Crippen molar-refractivity contribution in [2.24, 2.45) is 0 Å². The maximum absolute atomic E-state index is 12.7. The summed E-state index contributed by atoms with van der Waals surface area (Å²) >= 11 is 0. The van der Waals surface area contributed by atoms with Gasteiger partial charge in [0.25, 0.3) is 5.91 Å². The van der Waals surface area contributed by atoms with Crippen LogP contribution in [0.2, 0.25) is 0 Å². The maximum atomic E-state index is 12.7. The Morgan fingerprint density at radius 3 is 2.44 bits per heavy atom. The van der Waals surface area contributed by atoms with Crippen molar-refractivity contribution in [1.82, 2.24) is 9.62 Å². The quantitative estimate of drug-likeness (QED) is 0.663. The minimum absolute atomic E-state index is 0.0356. The van der Waals surface area contributed by atoms with E-state index < -0.39 is 10.0 Å². The summed E-state index contributed by atoms with van der Waals surface area (Å²) < 4.78 is 32.1. The number of benzene rings is 1. The number of quaternary nitrogens is 1. The van der Waals surface area contributed by atoms with Gasteiger partial charge in [-0.2, -0.15) is 4.31 Å². The van der Waals surface area contributed by atoms with Crippen LogP contribution in [-0.4, -0.2) is 52.4 Å². The molecule has 0 fully saturated rings. The summed E-state index contributed by atoms with van der Waals surface area (Å²) in [6.45, 7) is 4.71. The molecule has 0 radical (unpaired) electrons. The normalized spacial score (nSPS) is 13.1. The van der Waals surface area contributed by atoms with E-state index in [1.165, 1.54) is 16.4 Å². The van der Waals surface area contributed by atoms with Crippen LogP contribution in [-0.2, 0) is 10.0 Å². The van der Waals surface area contributed by atoms with Gasteiger partial charge in [0.05, 0.1) is 31.8 Å². The summed E-state index contributed by atoms with van der Waals surface area (Å²) in [4.78, 5) is 13.8. The molecule has 0 unspecified atom stereocenters. The van der Waals surface area contributed by atoms with E-state index in [-0.39, 0.29) is 16.8 Å². The topological polar surface area (TPSA) is 84.1 Å². The van der Waals surface area contributed by atoms with Crippen molar-refractivity contribution in [3.05, 3.63) is 54.0 Å². The molecule has 0 spiro atoms. The largest absolute Gasteiger partial charge is 0.463 e. The molecule has 1 atom stereocenters. The summed E-state index contributed by atoms with van der Waals surface area (Å²) in [6.07, 6.45) is 1.61. The van der Waals surface area contributed by atoms with Crippen LogP contribution < -0.4 is 10.2 Å². The standard InChI is InChI=1S/C19H27N3O4S/c1-5-22(6-2)27(24,25)16-10-7-9-15(13-16)19(23)20-14-17(21(3)4)18-11-8-12-26-18/h7-13,17H,5-6,14H2,1-4H3,(H,20,23)/p+1/t17-/m1/s1. The van der Waals surface area contributed by atoms with Gasteiger partial charge in [-0.25, -0.2) is 8.42 Å². The molecule has 0 aliphatic heterocycles. The van der Waals surface area contributed by atoms with Crippen LogP contribution in [0.15, 0.2) is 52.0 Å². The van der Waals surface area contributed by atoms with Crippen LogP contribution in [0.3, 0.4) is 0 Å². The van der Waals surface area contributed by atoms with Crippen LogP contribution in [0.5, 0.6) is 0 Å². The molecular formula is C19H28N3O4S+. The smallest absolute Gasteiger partial charge is 0.251 e. The van der Waals surface area contributed by atoms with Crippen molar-refractivity contribution >= 4 is 15.9 Å². The van der Waals surface area contributed by atoms with Crippen LogP contribution in [0.4, 0.5) is 0 Å². The zero-order valence-electron chi connectivity index (χ0n) is 16.2. The molecule has 0 bridgehead atoms. The monoisotopic (exact) mass is 394 g/mol. The number of hydrogen-bond acceptors (Lipinski definition) is 4. The average Bonchev–Trinajstić information content (AvgIpc) is 3.16. The fourth-order valence-corrected chi connectivity index (χ4v) is 4.39. The van der Waals surface area contributed by atoms with E-state index in [1.807, 2.05) is 26.2 Å². The third-order valence-corrected chi connectivity index (χ3v) is 6.54. The molecule has 2 N–H and O–H groups in total. The number of amides is 1. The molecule has 1 aromatic heterocycles. The van der Waals surface area contributed by atoms with Crippen molar-refractivity contribution in [1.29, 1.82) is 0 Å². The van der Waals surface area contributed by atoms with Gasteiger partial charge in [-0.05, 0) is 30.3 Å². The lowest BCUT2D eigenvalue weighted by Crippen LogP contribution is -3.07. The Morgan fingerprint density at radius 2 is 1.89 bits per heavy atom. The van der Waals surface area contributed by atoms with Crippen LogP contribution in [0.25, 0.3) is 0 Å². The van der Waals surface area contributed by atoms with Gasteiger partial charge in [0.15, 0.2) is 11.8 Å². The molecule has 7 nitrogen and oxygen atoms in total. The molecule has 1 amide bonds. The first-order valence-corrected chi connectivity index (χ1v) is 10.5. The van der Waals surface area contributed by atoms with Crippen molar-refractivity contribution in [3.8, 4) is 0 Å². The molecule has 2 rings (SSSR count). The summed E-state index contributed by atoms with van der Waals surface area (Å²) in [5.41, 5.74) is 0.315. The van der Waals surface area contributed by atoms with Gasteiger partial charge >= 0.3 is 0 Å². The lowest BCUT2D eigenvalue weighted by molar-refractivity contribution is -0.891. The van der Waals surface area contributed by atoms with Gasteiger partial charge < -0.3 is 14.6 Å². The fourth-order valence-electron chi connectivity index (χ4n) is 2.89. The zero-order valence-corrected chi connectivity index (χ0v) is 17.0. The third kappa shape index (κ3) is 4.97. The van der Waals surface area contributed by atoms with Crippen molar-refractivity contribution in [2.45, 2.75) is 24.8 Å². The maximum Gasteiger partial charge on any atom is 0.251 e. The second kappa shape index (κ2) is 9.16. The van der Waals surface area contributed by atoms with Gasteiger partial charge in [0, 0.05) is 18.7 Å². The van der Waals surface area contributed by atoms with Gasteiger partial charge in [-0.15, -0.1) is 0 Å². The van der Waals surface area contributed by atoms with E-state index >= 15 is 0 Å². The molecule has 0 aliphatic rings. The lowest BCUT2D eigenvalue weighted by atomic mass is 10.2. The van der Waals surface area contributed by atoms with Gasteiger partial charge in [0.1, 0.15) is 0 Å². The Kier molecular flexibility index (Phi) is 7.18. The molecule has 27 heavy (non-hydrogen) atoms. The molecule has 8 heteroatoms. The van der Waals surface area contributed by atoms with Crippen molar-refractivity contribution < 1.29 is 22.5 Å². The Bertz CT molecular complexity index is 844. The van der Waals surface area contributed by atoms with Gasteiger partial charge in [-0.3, -0.25) is 4.79 Å². The summed E-state index contributed by atoms with van der Waals surface area (Å²) in [5, 5.41) is 2.88. The Labute approximate surface area is 161 Å². The summed E-state index contributed by atoms with van der Waals surface area (Å²) in [5.74, 6) is 0.470. The third-order valence-electron chi connectivity index (χ3n) is 4.49. The van der Waals surface area contributed by atoms with E-state index in [0.717, 1.165) is 10.7 Å². The van der Waals surface area contributed by atoms with Gasteiger partial charge in [0.2, 0.25) is 10.0 Å². The van der Waals surface area contributed by atoms with E-state index in [4.69, 9.17) is 4.42 Å². The number of nitrogens with one attached hydrogen (secondary N) is 2. The molecule has 0 saturated heterocycles. The first kappa shape index (κ1) is 21.1. The number of carbonyl (C=O) groups is 1. The molecule has 0 aliphatic carbocycles. The number of furan rings is 1. The SMILES string of the molecule is CCN(CC)S(=O)(=O)c1cccc(C(=O)NC[C@H](c2ccco2)[NH+](C)C)c1. The predicted octanol–water partition coefficient (Wildman–Crippen LogP) is 0.926. The average molecular weight is 395 g/mol. The number of carbonyl (C=O) groups excluding carboxylic acids is 1. The number of nitrogens with zero attached hydrogens (tertiary/aromatic N) is 1. The Balaban J connectivity index is 2.15. The second-order valence-corrected chi connectivity index (χ2v) is 8.41. The second-order valence-electron chi connectivity index (χ2n) is 6.47. The van der Waals surface area contributed by atoms with E-state index in [0.29, 0.717) is 25.2 Å². The van der Waals surface area contributed by atoms with Gasteiger partial charge in [-0.1, -0.05) is 19.9 Å². The molecular weight excluding hydrogens is 366 g/mol. The molecule has 2 aromatic rings. The highest BCUT2D eigenvalue weighted by atomic mass is 32.2. The highest BCUT2D eigenvalue weighted by Crippen LogP contribution is 2.17. The Hall–Kier alpha value is -2.16. The summed E-state index contributed by atoms with van der Waals surface area (Å²) in [6, 6.07) is 9.79. The van der Waals surface area contributed by atoms with Crippen LogP contribution >= 0.6 is 0 Å². The first-order valence-electron chi connectivity index (χ1n) is 9.03. The van der Waals surface area contributed by atoms with E-state index in [2.05, 4.69) is 5.32 Å². The lowest BCUT2D eigenvalue weighted by Gasteiger charge is -2.20. The van der Waals surface area contributed by atoms with Crippen molar-refractivity contribution in [3.63, 3.8) is 0 Å². The minimum Gasteiger partial charge on any atom is -0.463 e. The number of rotatable bonds is 9. The summed E-state index contributed by atoms with van der Waals surface area (Å²) in [7, 11) is 0.362. The first-order chi connectivity index (χ1) is 12.8. The van der Waals surface area contributed by atoms with E-state index in [1.54, 1.807) is 32.2 Å². The zero-order chi connectivity index (χ0) is 20.0. The number of hydrogen-bond donors (Lipinski definition) is 2. The number of likely N-dealkylation sites (N-methyl/N-ethyl adjacent to an activating group) is 1. The molecule has 1 heterocycles. The molecule has 1 aromatic carbocycles. The number of sulfonamides is 1. The highest BCUT2D eigenvalue weighted by Gasteiger charge is 2.24. The molecule has 148 valence electrons. The minimum atomic E-state index is -3.60. The highest BCUT2D eigenvalue weighted by molar-refractivity contribution is 7.89. The Morgan fingerprint density at radius 1 is 1.19 bits per heavy atom. The molecule has 0 saturated carbocycles. The van der Waals surface area contributed by atoms with E-state index in [9.17, 15) is 13.2 Å². The van der Waals surface area contributed by atoms with Crippen molar-refractivity contribution in [2.75, 3.05) is 33.7 Å². The van der Waals surface area contributed by atoms with Crippen LogP contribution in [0, 0.1) is 0 Å². The predicted molar refractivity (Wildman–Crippen MR) is 103 cm³/mol.